The van der Waals surface area contributed by atoms with E-state index in [9.17, 15) is 13.2 Å². The SMILES string of the molecule is CCCNS(=O)(=O)c1ccc(OCC(=O)NCc2ccc(C)cc2)c(Cl)c1. The minimum Gasteiger partial charge on any atom is -0.482 e. The summed E-state index contributed by atoms with van der Waals surface area (Å²) in [7, 11) is -3.60. The third-order valence-corrected chi connectivity index (χ3v) is 5.48. The average molecular weight is 411 g/mol. The highest BCUT2D eigenvalue weighted by Gasteiger charge is 2.15. The van der Waals surface area contributed by atoms with Crippen LogP contribution >= 0.6 is 11.6 Å². The van der Waals surface area contributed by atoms with Crippen LogP contribution in [0.3, 0.4) is 0 Å². The summed E-state index contributed by atoms with van der Waals surface area (Å²) in [5.74, 6) is -0.0513. The Morgan fingerprint density at radius 1 is 1.15 bits per heavy atom. The molecule has 2 aromatic rings. The molecule has 0 saturated heterocycles. The molecule has 146 valence electrons. The van der Waals surface area contributed by atoms with Gasteiger partial charge in [-0.2, -0.15) is 0 Å². The minimum atomic E-state index is -3.60. The molecule has 6 nitrogen and oxygen atoms in total. The van der Waals surface area contributed by atoms with E-state index < -0.39 is 10.0 Å². The molecule has 0 saturated carbocycles. The van der Waals surface area contributed by atoms with Crippen molar-refractivity contribution in [3.63, 3.8) is 0 Å². The number of benzene rings is 2. The molecule has 0 aromatic heterocycles. The molecule has 0 atom stereocenters. The summed E-state index contributed by atoms with van der Waals surface area (Å²) in [5, 5.41) is 2.88. The largest absolute Gasteiger partial charge is 0.482 e. The Labute approximate surface area is 164 Å². The van der Waals surface area contributed by atoms with Crippen molar-refractivity contribution in [1.29, 1.82) is 0 Å². The molecule has 0 aliphatic heterocycles. The van der Waals surface area contributed by atoms with Crippen LogP contribution in [0.5, 0.6) is 5.75 Å². The van der Waals surface area contributed by atoms with Crippen LogP contribution in [-0.4, -0.2) is 27.5 Å². The number of nitrogens with one attached hydrogen (secondary N) is 2. The first-order valence-corrected chi connectivity index (χ1v) is 10.4. The van der Waals surface area contributed by atoms with E-state index in [4.69, 9.17) is 16.3 Å². The highest BCUT2D eigenvalue weighted by atomic mass is 35.5. The molecular weight excluding hydrogens is 388 g/mol. The number of ether oxygens (including phenoxy) is 1. The summed E-state index contributed by atoms with van der Waals surface area (Å²) >= 11 is 6.09. The zero-order valence-electron chi connectivity index (χ0n) is 15.3. The van der Waals surface area contributed by atoms with Crippen LogP contribution in [0.25, 0.3) is 0 Å². The van der Waals surface area contributed by atoms with Gasteiger partial charge in [0.1, 0.15) is 5.75 Å². The van der Waals surface area contributed by atoms with Crippen molar-refractivity contribution in [2.45, 2.75) is 31.7 Å². The number of amides is 1. The summed E-state index contributed by atoms with van der Waals surface area (Å²) in [6.07, 6.45) is 0.686. The average Bonchev–Trinajstić information content (AvgIpc) is 2.65. The number of aryl methyl sites for hydroxylation is 1. The van der Waals surface area contributed by atoms with Crippen molar-refractivity contribution in [3.05, 3.63) is 58.6 Å². The maximum atomic E-state index is 12.1. The highest BCUT2D eigenvalue weighted by Crippen LogP contribution is 2.27. The van der Waals surface area contributed by atoms with Crippen LogP contribution in [0, 0.1) is 6.92 Å². The molecule has 27 heavy (non-hydrogen) atoms. The molecule has 8 heteroatoms. The second-order valence-corrected chi connectivity index (χ2v) is 8.22. The highest BCUT2D eigenvalue weighted by molar-refractivity contribution is 7.89. The van der Waals surface area contributed by atoms with Crippen LogP contribution in [-0.2, 0) is 21.4 Å². The molecule has 0 fully saturated rings. The van der Waals surface area contributed by atoms with Gasteiger partial charge in [-0.25, -0.2) is 13.1 Å². The minimum absolute atomic E-state index is 0.0529. The molecule has 0 unspecified atom stereocenters. The second kappa shape index (κ2) is 9.73. The van der Waals surface area contributed by atoms with Gasteiger partial charge in [-0.05, 0) is 37.1 Å². The molecule has 0 aliphatic carbocycles. The first kappa shape index (κ1) is 21.2. The Balaban J connectivity index is 1.89. The van der Waals surface area contributed by atoms with Gasteiger partial charge < -0.3 is 10.1 Å². The number of rotatable bonds is 9. The zero-order chi connectivity index (χ0) is 19.9. The maximum Gasteiger partial charge on any atom is 0.258 e. The van der Waals surface area contributed by atoms with Gasteiger partial charge in [0.05, 0.1) is 9.92 Å². The summed E-state index contributed by atoms with van der Waals surface area (Å²) in [4.78, 5) is 12.0. The predicted molar refractivity (Wildman–Crippen MR) is 105 cm³/mol. The number of carbonyl (C=O) groups excluding carboxylic acids is 1. The lowest BCUT2D eigenvalue weighted by Crippen LogP contribution is -2.28. The summed E-state index contributed by atoms with van der Waals surface area (Å²) < 4.78 is 32.0. The van der Waals surface area contributed by atoms with E-state index in [-0.39, 0.29) is 28.2 Å². The Morgan fingerprint density at radius 2 is 1.85 bits per heavy atom. The summed E-state index contributed by atoms with van der Waals surface area (Å²) in [6.45, 7) is 4.40. The molecule has 0 heterocycles. The van der Waals surface area contributed by atoms with Gasteiger partial charge in [0.15, 0.2) is 6.61 Å². The lowest BCUT2D eigenvalue weighted by Gasteiger charge is -2.11. The fraction of sp³-hybridized carbons (Fsp3) is 0.316. The van der Waals surface area contributed by atoms with Crippen LogP contribution in [0.15, 0.2) is 47.4 Å². The Hall–Kier alpha value is -2.09. The number of carbonyl (C=O) groups is 1. The van der Waals surface area contributed by atoms with E-state index in [1.54, 1.807) is 0 Å². The Bertz CT molecular complexity index is 883. The molecule has 0 aliphatic rings. The van der Waals surface area contributed by atoms with Crippen molar-refractivity contribution in [2.24, 2.45) is 0 Å². The van der Waals surface area contributed by atoms with Crippen molar-refractivity contribution >= 4 is 27.5 Å². The van der Waals surface area contributed by atoms with Crippen molar-refractivity contribution < 1.29 is 17.9 Å². The Kier molecular flexibility index (Phi) is 7.65. The lowest BCUT2D eigenvalue weighted by molar-refractivity contribution is -0.123. The van der Waals surface area contributed by atoms with E-state index in [0.29, 0.717) is 19.5 Å². The normalized spacial score (nSPS) is 11.2. The number of halogens is 1. The van der Waals surface area contributed by atoms with E-state index in [1.807, 2.05) is 38.1 Å². The van der Waals surface area contributed by atoms with Crippen LogP contribution in [0.2, 0.25) is 5.02 Å². The quantitative estimate of drug-likeness (QED) is 0.665. The molecule has 0 bridgehead atoms. The van der Waals surface area contributed by atoms with Crippen molar-refractivity contribution in [1.82, 2.24) is 10.0 Å². The molecule has 2 aromatic carbocycles. The van der Waals surface area contributed by atoms with Gasteiger partial charge in [0, 0.05) is 13.1 Å². The number of hydrogen-bond donors (Lipinski definition) is 2. The third kappa shape index (κ3) is 6.53. The maximum absolute atomic E-state index is 12.1. The first-order chi connectivity index (χ1) is 12.8. The van der Waals surface area contributed by atoms with Gasteiger partial charge >= 0.3 is 0 Å². The second-order valence-electron chi connectivity index (χ2n) is 6.04. The van der Waals surface area contributed by atoms with E-state index in [0.717, 1.165) is 11.1 Å². The fourth-order valence-electron chi connectivity index (χ4n) is 2.19. The summed E-state index contributed by atoms with van der Waals surface area (Å²) in [6, 6.07) is 12.0. The molecular formula is C19H23ClN2O4S. The predicted octanol–water partition coefficient (Wildman–Crippen LogP) is 3.03. The van der Waals surface area contributed by atoms with E-state index >= 15 is 0 Å². The van der Waals surface area contributed by atoms with Crippen LogP contribution < -0.4 is 14.8 Å². The molecule has 0 spiro atoms. The van der Waals surface area contributed by atoms with Crippen LogP contribution in [0.4, 0.5) is 0 Å². The van der Waals surface area contributed by atoms with Crippen molar-refractivity contribution in [2.75, 3.05) is 13.2 Å². The molecule has 0 radical (unpaired) electrons. The van der Waals surface area contributed by atoms with Gasteiger partial charge in [-0.1, -0.05) is 48.4 Å². The van der Waals surface area contributed by atoms with E-state index in [2.05, 4.69) is 10.0 Å². The molecule has 2 rings (SSSR count). The van der Waals surface area contributed by atoms with Gasteiger partial charge in [-0.3, -0.25) is 4.79 Å². The number of hydrogen-bond acceptors (Lipinski definition) is 4. The Morgan fingerprint density at radius 3 is 2.48 bits per heavy atom. The zero-order valence-corrected chi connectivity index (χ0v) is 16.9. The van der Waals surface area contributed by atoms with Crippen LogP contribution in [0.1, 0.15) is 24.5 Å². The monoisotopic (exact) mass is 410 g/mol. The van der Waals surface area contributed by atoms with Gasteiger partial charge in [0.2, 0.25) is 10.0 Å². The topological polar surface area (TPSA) is 84.5 Å². The lowest BCUT2D eigenvalue weighted by atomic mass is 10.1. The van der Waals surface area contributed by atoms with Gasteiger partial charge in [-0.15, -0.1) is 0 Å². The van der Waals surface area contributed by atoms with Crippen molar-refractivity contribution in [3.8, 4) is 5.75 Å². The fourth-order valence-corrected chi connectivity index (χ4v) is 3.65. The third-order valence-electron chi connectivity index (χ3n) is 3.72. The standard InChI is InChI=1S/C19H23ClN2O4S/c1-3-10-22-27(24,25)16-8-9-18(17(20)11-16)26-13-19(23)21-12-15-6-4-14(2)5-7-15/h4-9,11,22H,3,10,12-13H2,1-2H3,(H,21,23). The smallest absolute Gasteiger partial charge is 0.258 e. The number of sulfonamides is 1. The first-order valence-electron chi connectivity index (χ1n) is 8.56. The molecule has 1 amide bonds. The summed E-state index contributed by atoms with van der Waals surface area (Å²) in [5.41, 5.74) is 2.14. The molecule has 2 N–H and O–H groups in total. The van der Waals surface area contributed by atoms with E-state index in [1.165, 1.54) is 18.2 Å². The van der Waals surface area contributed by atoms with Gasteiger partial charge in [0.25, 0.3) is 5.91 Å².